The van der Waals surface area contributed by atoms with Crippen LogP contribution in [0.15, 0.2) is 47.5 Å². The molecule has 1 amide bonds. The molecule has 5 nitrogen and oxygen atoms in total. The predicted octanol–water partition coefficient (Wildman–Crippen LogP) is 4.14. The monoisotopic (exact) mass is 390 g/mol. The maximum absolute atomic E-state index is 12.6. The number of methoxy groups -OCH3 is 1. The largest absolute Gasteiger partial charge is 0.497 e. The Morgan fingerprint density at radius 3 is 2.81 bits per heavy atom. The van der Waals surface area contributed by atoms with Crippen molar-refractivity contribution in [3.8, 4) is 5.75 Å². The number of amides is 1. The first kappa shape index (κ1) is 18.6. The van der Waals surface area contributed by atoms with Crippen molar-refractivity contribution < 1.29 is 14.3 Å². The number of hydrogen-bond acceptors (Lipinski definition) is 4. The summed E-state index contributed by atoms with van der Waals surface area (Å²) in [6.07, 6.45) is 0. The SMILES string of the molecule is CCOCCn1c(=NC(=O)c2ccccc2Cl)sc2cc(OC)ccc21. The Balaban J connectivity index is 2.09. The van der Waals surface area contributed by atoms with Crippen LogP contribution in [0.1, 0.15) is 17.3 Å². The van der Waals surface area contributed by atoms with Crippen LogP contribution in [0.2, 0.25) is 5.02 Å². The number of rotatable bonds is 6. The van der Waals surface area contributed by atoms with Gasteiger partial charge in [-0.3, -0.25) is 4.79 Å². The molecule has 0 fully saturated rings. The van der Waals surface area contributed by atoms with Crippen molar-refractivity contribution in [3.05, 3.63) is 57.9 Å². The smallest absolute Gasteiger partial charge is 0.281 e. The summed E-state index contributed by atoms with van der Waals surface area (Å²) in [6.45, 7) is 3.74. The summed E-state index contributed by atoms with van der Waals surface area (Å²) < 4.78 is 13.8. The van der Waals surface area contributed by atoms with Crippen LogP contribution in [-0.2, 0) is 11.3 Å². The lowest BCUT2D eigenvalue weighted by atomic mass is 10.2. The van der Waals surface area contributed by atoms with Gasteiger partial charge >= 0.3 is 0 Å². The third-order valence-corrected chi connectivity index (χ3v) is 5.23. The lowest BCUT2D eigenvalue weighted by molar-refractivity contribution is 0.0997. The zero-order chi connectivity index (χ0) is 18.5. The molecule has 1 heterocycles. The normalized spacial score (nSPS) is 11.9. The van der Waals surface area contributed by atoms with E-state index in [1.165, 1.54) is 11.3 Å². The number of ether oxygens (including phenoxy) is 2. The Morgan fingerprint density at radius 1 is 1.27 bits per heavy atom. The van der Waals surface area contributed by atoms with Crippen molar-refractivity contribution in [1.29, 1.82) is 0 Å². The second-order valence-corrected chi connectivity index (χ2v) is 6.88. The van der Waals surface area contributed by atoms with E-state index < -0.39 is 0 Å². The van der Waals surface area contributed by atoms with Gasteiger partial charge in [-0.25, -0.2) is 0 Å². The minimum Gasteiger partial charge on any atom is -0.497 e. The number of nitrogens with zero attached hydrogens (tertiary/aromatic N) is 2. The van der Waals surface area contributed by atoms with E-state index in [1.807, 2.05) is 29.7 Å². The van der Waals surface area contributed by atoms with Crippen LogP contribution in [0.5, 0.6) is 5.75 Å². The summed E-state index contributed by atoms with van der Waals surface area (Å²) in [5.41, 5.74) is 1.38. The molecule has 0 aliphatic rings. The first-order valence-electron chi connectivity index (χ1n) is 8.22. The highest BCUT2D eigenvalue weighted by Crippen LogP contribution is 2.23. The second-order valence-electron chi connectivity index (χ2n) is 5.46. The van der Waals surface area contributed by atoms with E-state index in [2.05, 4.69) is 4.99 Å². The minimum atomic E-state index is -0.362. The van der Waals surface area contributed by atoms with Gasteiger partial charge in [0.05, 0.1) is 34.5 Å². The standard InChI is InChI=1S/C19H19ClN2O3S/c1-3-25-11-10-22-16-9-8-13(24-2)12-17(16)26-19(22)21-18(23)14-6-4-5-7-15(14)20/h4-9,12H,3,10-11H2,1-2H3. The Kier molecular flexibility index (Phi) is 6.08. The fourth-order valence-corrected chi connectivity index (χ4v) is 3.86. The molecule has 3 rings (SSSR count). The van der Waals surface area contributed by atoms with Gasteiger partial charge < -0.3 is 14.0 Å². The topological polar surface area (TPSA) is 52.8 Å². The highest BCUT2D eigenvalue weighted by atomic mass is 35.5. The molecule has 2 aromatic carbocycles. The molecule has 0 saturated heterocycles. The van der Waals surface area contributed by atoms with E-state index in [1.54, 1.807) is 31.4 Å². The first-order chi connectivity index (χ1) is 12.6. The molecule has 0 N–H and O–H groups in total. The van der Waals surface area contributed by atoms with E-state index in [-0.39, 0.29) is 5.91 Å². The number of carbonyl (C=O) groups is 1. The van der Waals surface area contributed by atoms with Crippen molar-refractivity contribution in [2.24, 2.45) is 4.99 Å². The van der Waals surface area contributed by atoms with Gasteiger partial charge in [-0.1, -0.05) is 35.1 Å². The summed E-state index contributed by atoms with van der Waals surface area (Å²) in [6, 6.07) is 12.7. The number of carbonyl (C=O) groups excluding carboxylic acids is 1. The molecule has 0 bridgehead atoms. The van der Waals surface area contributed by atoms with Crippen LogP contribution < -0.4 is 9.54 Å². The van der Waals surface area contributed by atoms with Crippen molar-refractivity contribution >= 4 is 39.1 Å². The average Bonchev–Trinajstić information content (AvgIpc) is 2.98. The van der Waals surface area contributed by atoms with Crippen molar-refractivity contribution in [1.82, 2.24) is 4.57 Å². The maximum Gasteiger partial charge on any atom is 0.281 e. The number of aromatic nitrogens is 1. The molecular formula is C19H19ClN2O3S. The molecule has 0 saturated carbocycles. The molecule has 0 aliphatic carbocycles. The molecule has 0 atom stereocenters. The summed E-state index contributed by atoms with van der Waals surface area (Å²) >= 11 is 7.56. The zero-order valence-corrected chi connectivity index (χ0v) is 16.1. The van der Waals surface area contributed by atoms with Crippen LogP contribution in [0.3, 0.4) is 0 Å². The summed E-state index contributed by atoms with van der Waals surface area (Å²) in [5, 5.41) is 0.393. The van der Waals surface area contributed by atoms with Gasteiger partial charge in [0.25, 0.3) is 5.91 Å². The van der Waals surface area contributed by atoms with Gasteiger partial charge in [0.15, 0.2) is 4.80 Å². The Bertz CT molecular complexity index is 994. The van der Waals surface area contributed by atoms with E-state index in [0.29, 0.717) is 35.1 Å². The van der Waals surface area contributed by atoms with Gasteiger partial charge in [-0.2, -0.15) is 4.99 Å². The fraction of sp³-hybridized carbons (Fsp3) is 0.263. The molecule has 7 heteroatoms. The Hall–Kier alpha value is -2.15. The van der Waals surface area contributed by atoms with Gasteiger partial charge in [0.2, 0.25) is 0 Å². The van der Waals surface area contributed by atoms with Gasteiger partial charge in [0.1, 0.15) is 5.75 Å². The third kappa shape index (κ3) is 3.98. The molecule has 0 spiro atoms. The Morgan fingerprint density at radius 2 is 2.08 bits per heavy atom. The second kappa shape index (κ2) is 8.49. The lowest BCUT2D eigenvalue weighted by Gasteiger charge is -2.06. The van der Waals surface area contributed by atoms with Gasteiger partial charge in [-0.15, -0.1) is 0 Å². The summed E-state index contributed by atoms with van der Waals surface area (Å²) in [5.74, 6) is 0.402. The van der Waals surface area contributed by atoms with Crippen LogP contribution >= 0.6 is 22.9 Å². The van der Waals surface area contributed by atoms with E-state index in [0.717, 1.165) is 16.0 Å². The van der Waals surface area contributed by atoms with E-state index in [9.17, 15) is 4.79 Å². The molecule has 0 unspecified atom stereocenters. The van der Waals surface area contributed by atoms with Crippen LogP contribution in [0.25, 0.3) is 10.2 Å². The Labute approximate surface area is 160 Å². The summed E-state index contributed by atoms with van der Waals surface area (Å²) in [4.78, 5) is 17.5. The number of thiazole rings is 1. The van der Waals surface area contributed by atoms with Crippen molar-refractivity contribution in [2.75, 3.05) is 20.3 Å². The van der Waals surface area contributed by atoms with Crippen LogP contribution in [0.4, 0.5) is 0 Å². The quantitative estimate of drug-likeness (QED) is 0.594. The lowest BCUT2D eigenvalue weighted by Crippen LogP contribution is -2.19. The van der Waals surface area contributed by atoms with Gasteiger partial charge in [-0.05, 0) is 37.3 Å². The zero-order valence-electron chi connectivity index (χ0n) is 14.6. The molecule has 3 aromatic rings. The van der Waals surface area contributed by atoms with Crippen molar-refractivity contribution in [3.63, 3.8) is 0 Å². The molecule has 1 aromatic heterocycles. The molecule has 26 heavy (non-hydrogen) atoms. The summed E-state index contributed by atoms with van der Waals surface area (Å²) in [7, 11) is 1.63. The van der Waals surface area contributed by atoms with E-state index >= 15 is 0 Å². The molecule has 136 valence electrons. The number of halogens is 1. The van der Waals surface area contributed by atoms with Crippen molar-refractivity contribution in [2.45, 2.75) is 13.5 Å². The van der Waals surface area contributed by atoms with Crippen LogP contribution in [-0.4, -0.2) is 30.8 Å². The van der Waals surface area contributed by atoms with Crippen LogP contribution in [0, 0.1) is 0 Å². The predicted molar refractivity (Wildman–Crippen MR) is 104 cm³/mol. The average molecular weight is 391 g/mol. The highest BCUT2D eigenvalue weighted by Gasteiger charge is 2.12. The molecular weight excluding hydrogens is 372 g/mol. The first-order valence-corrected chi connectivity index (χ1v) is 9.42. The number of fused-ring (bicyclic) bond motifs is 1. The molecule has 0 radical (unpaired) electrons. The minimum absolute atomic E-state index is 0.362. The fourth-order valence-electron chi connectivity index (χ4n) is 2.56. The maximum atomic E-state index is 12.6. The number of benzene rings is 2. The molecule has 0 aliphatic heterocycles. The third-order valence-electron chi connectivity index (χ3n) is 3.85. The van der Waals surface area contributed by atoms with E-state index in [4.69, 9.17) is 21.1 Å². The van der Waals surface area contributed by atoms with Gasteiger partial charge in [0, 0.05) is 13.2 Å². The number of hydrogen-bond donors (Lipinski definition) is 0. The highest BCUT2D eigenvalue weighted by molar-refractivity contribution is 7.16.